The molecular formula is C15H18ClN3O3. The van der Waals surface area contributed by atoms with Crippen LogP contribution in [0.1, 0.15) is 20.8 Å². The Morgan fingerprint density at radius 2 is 1.95 bits per heavy atom. The van der Waals surface area contributed by atoms with Crippen molar-refractivity contribution in [1.29, 1.82) is 0 Å². The van der Waals surface area contributed by atoms with Crippen molar-refractivity contribution in [3.05, 3.63) is 40.4 Å². The number of nitro groups is 1. The summed E-state index contributed by atoms with van der Waals surface area (Å²) in [5.74, 6) is -1.19. The first-order chi connectivity index (χ1) is 10.3. The van der Waals surface area contributed by atoms with Crippen LogP contribution in [-0.2, 0) is 4.79 Å². The van der Waals surface area contributed by atoms with E-state index in [1.165, 1.54) is 5.01 Å². The number of benzene rings is 1. The van der Waals surface area contributed by atoms with Crippen molar-refractivity contribution in [3.63, 3.8) is 0 Å². The van der Waals surface area contributed by atoms with Gasteiger partial charge in [-0.25, -0.2) is 0 Å². The predicted octanol–water partition coefficient (Wildman–Crippen LogP) is 2.94. The molecule has 0 fully saturated rings. The summed E-state index contributed by atoms with van der Waals surface area (Å²) >= 11 is 6.59. The van der Waals surface area contributed by atoms with Crippen molar-refractivity contribution in [2.45, 2.75) is 25.6 Å². The third-order valence-electron chi connectivity index (χ3n) is 3.94. The zero-order valence-corrected chi connectivity index (χ0v) is 13.4. The molecule has 1 amide bonds. The molecule has 2 rings (SSSR count). The number of para-hydroxylation sites is 1. The van der Waals surface area contributed by atoms with Crippen LogP contribution in [0, 0.1) is 22.0 Å². The summed E-state index contributed by atoms with van der Waals surface area (Å²) in [5, 5.41) is 16.4. The topological polar surface area (TPSA) is 75.8 Å². The molecule has 0 N–H and O–H groups in total. The van der Waals surface area contributed by atoms with Gasteiger partial charge in [-0.15, -0.1) is 11.6 Å². The van der Waals surface area contributed by atoms with Gasteiger partial charge in [0.25, 0.3) is 5.91 Å². The molecule has 1 aliphatic rings. The van der Waals surface area contributed by atoms with Gasteiger partial charge >= 0.3 is 0 Å². The summed E-state index contributed by atoms with van der Waals surface area (Å²) in [6.45, 7) is 4.92. The molecule has 1 heterocycles. The minimum atomic E-state index is -1.48. The highest BCUT2D eigenvalue weighted by Crippen LogP contribution is 2.40. The van der Waals surface area contributed by atoms with E-state index in [0.717, 1.165) is 0 Å². The first kappa shape index (κ1) is 16.4. The van der Waals surface area contributed by atoms with Gasteiger partial charge in [-0.1, -0.05) is 32.0 Å². The number of carbonyl (C=O) groups excluding carboxylic acids is 1. The van der Waals surface area contributed by atoms with Gasteiger partial charge in [0.15, 0.2) is 4.87 Å². The molecule has 1 aliphatic heterocycles. The van der Waals surface area contributed by atoms with Crippen LogP contribution in [0.2, 0.25) is 0 Å². The van der Waals surface area contributed by atoms with Crippen molar-refractivity contribution >= 4 is 28.9 Å². The molecule has 7 heteroatoms. The molecule has 1 aromatic rings. The minimum absolute atomic E-state index is 0.132. The van der Waals surface area contributed by atoms with E-state index in [9.17, 15) is 14.9 Å². The standard InChI is InChI=1S/C15H18ClN3O3/c1-10(2)13(9-18(21)22)15(16)11(3)17-19(14(15)20)12-7-5-4-6-8-12/h4-8,10,13H,9H2,1-3H3. The number of rotatable bonds is 5. The average molecular weight is 324 g/mol. The van der Waals surface area contributed by atoms with E-state index in [-0.39, 0.29) is 12.5 Å². The minimum Gasteiger partial charge on any atom is -0.270 e. The lowest BCUT2D eigenvalue weighted by molar-refractivity contribution is -0.489. The van der Waals surface area contributed by atoms with Crippen molar-refractivity contribution in [2.24, 2.45) is 16.9 Å². The Morgan fingerprint density at radius 1 is 1.36 bits per heavy atom. The quantitative estimate of drug-likeness (QED) is 0.475. The molecule has 0 radical (unpaired) electrons. The number of hydrogen-bond donors (Lipinski definition) is 0. The summed E-state index contributed by atoms with van der Waals surface area (Å²) in [6.07, 6.45) is 0. The maximum atomic E-state index is 12.8. The number of halogens is 1. The number of hydrogen-bond acceptors (Lipinski definition) is 4. The number of amides is 1. The maximum absolute atomic E-state index is 12.8. The monoisotopic (exact) mass is 323 g/mol. The maximum Gasteiger partial charge on any atom is 0.274 e. The summed E-state index contributed by atoms with van der Waals surface area (Å²) in [4.78, 5) is 21.9. The van der Waals surface area contributed by atoms with Gasteiger partial charge in [-0.3, -0.25) is 14.9 Å². The smallest absolute Gasteiger partial charge is 0.270 e. The van der Waals surface area contributed by atoms with Gasteiger partial charge in [0.05, 0.1) is 17.3 Å². The van der Waals surface area contributed by atoms with Crippen molar-refractivity contribution < 1.29 is 9.72 Å². The fourth-order valence-corrected chi connectivity index (χ4v) is 3.14. The van der Waals surface area contributed by atoms with E-state index in [1.54, 1.807) is 31.2 Å². The molecule has 1 aromatic carbocycles. The van der Waals surface area contributed by atoms with E-state index in [2.05, 4.69) is 5.10 Å². The number of anilines is 1. The van der Waals surface area contributed by atoms with Crippen LogP contribution >= 0.6 is 11.6 Å². The third-order valence-corrected chi connectivity index (χ3v) is 4.66. The van der Waals surface area contributed by atoms with Crippen LogP contribution in [0.25, 0.3) is 0 Å². The lowest BCUT2D eigenvalue weighted by Crippen LogP contribution is -2.51. The molecule has 0 saturated carbocycles. The van der Waals surface area contributed by atoms with E-state index in [0.29, 0.717) is 11.4 Å². The molecule has 2 unspecified atom stereocenters. The SMILES string of the molecule is CC1=NN(c2ccccc2)C(=O)C1(Cl)C(C[N+](=O)[O-])C(C)C. The number of carbonyl (C=O) groups is 1. The zero-order chi connectivity index (χ0) is 16.5. The molecule has 0 aliphatic carbocycles. The Balaban J connectivity index is 2.41. The second kappa shape index (κ2) is 6.04. The van der Waals surface area contributed by atoms with Crippen LogP contribution in [0.5, 0.6) is 0 Å². The van der Waals surface area contributed by atoms with E-state index in [1.807, 2.05) is 19.9 Å². The lowest BCUT2D eigenvalue weighted by atomic mass is 9.80. The number of hydrazone groups is 1. The predicted molar refractivity (Wildman–Crippen MR) is 85.8 cm³/mol. The van der Waals surface area contributed by atoms with Gasteiger partial charge < -0.3 is 0 Å². The highest BCUT2D eigenvalue weighted by Gasteiger charge is 2.56. The summed E-state index contributed by atoms with van der Waals surface area (Å²) in [7, 11) is 0. The van der Waals surface area contributed by atoms with Gasteiger partial charge in [0.2, 0.25) is 6.54 Å². The van der Waals surface area contributed by atoms with Crippen molar-refractivity contribution in [3.8, 4) is 0 Å². The number of alkyl halides is 1. The van der Waals surface area contributed by atoms with E-state index < -0.39 is 21.6 Å². The van der Waals surface area contributed by atoms with Crippen LogP contribution < -0.4 is 5.01 Å². The highest BCUT2D eigenvalue weighted by atomic mass is 35.5. The molecule has 118 valence electrons. The summed E-state index contributed by atoms with van der Waals surface area (Å²) in [5.41, 5.74) is 0.988. The molecule has 0 bridgehead atoms. The first-order valence-corrected chi connectivity index (χ1v) is 7.42. The van der Waals surface area contributed by atoms with Crippen LogP contribution in [0.4, 0.5) is 5.69 Å². The Hall–Kier alpha value is -1.95. The molecule has 2 atom stereocenters. The first-order valence-electron chi connectivity index (χ1n) is 7.04. The fourth-order valence-electron chi connectivity index (χ4n) is 2.70. The summed E-state index contributed by atoms with van der Waals surface area (Å²) < 4.78 is 0. The largest absolute Gasteiger partial charge is 0.274 e. The molecular weight excluding hydrogens is 306 g/mol. The van der Waals surface area contributed by atoms with Gasteiger partial charge in [-0.2, -0.15) is 10.1 Å². The molecule has 0 saturated heterocycles. The second-order valence-corrected chi connectivity index (χ2v) is 6.31. The van der Waals surface area contributed by atoms with E-state index >= 15 is 0 Å². The molecule has 0 spiro atoms. The molecule has 22 heavy (non-hydrogen) atoms. The van der Waals surface area contributed by atoms with Crippen LogP contribution in [0.15, 0.2) is 35.4 Å². The van der Waals surface area contributed by atoms with Gasteiger partial charge in [0.1, 0.15) is 0 Å². The Kier molecular flexibility index (Phi) is 4.51. The Morgan fingerprint density at radius 3 is 2.45 bits per heavy atom. The number of nitrogens with zero attached hydrogens (tertiary/aromatic N) is 3. The zero-order valence-electron chi connectivity index (χ0n) is 12.7. The lowest BCUT2D eigenvalue weighted by Gasteiger charge is -2.30. The normalized spacial score (nSPS) is 22.9. The summed E-state index contributed by atoms with van der Waals surface area (Å²) in [6, 6.07) is 8.90. The van der Waals surface area contributed by atoms with Crippen LogP contribution in [0.3, 0.4) is 0 Å². The van der Waals surface area contributed by atoms with Gasteiger partial charge in [-0.05, 0) is 25.0 Å². The van der Waals surface area contributed by atoms with Gasteiger partial charge in [0, 0.05) is 4.92 Å². The average Bonchev–Trinajstić information content (AvgIpc) is 2.70. The third kappa shape index (κ3) is 2.70. The Labute approximate surface area is 133 Å². The highest BCUT2D eigenvalue weighted by molar-refractivity contribution is 6.50. The second-order valence-electron chi connectivity index (χ2n) is 5.72. The molecule has 6 nitrogen and oxygen atoms in total. The fraction of sp³-hybridized carbons (Fsp3) is 0.467. The van der Waals surface area contributed by atoms with Crippen molar-refractivity contribution in [2.75, 3.05) is 11.6 Å². The van der Waals surface area contributed by atoms with E-state index in [4.69, 9.17) is 11.6 Å². The Bertz CT molecular complexity index is 618. The molecule has 0 aromatic heterocycles. The van der Waals surface area contributed by atoms with Crippen LogP contribution in [-0.4, -0.2) is 28.0 Å². The van der Waals surface area contributed by atoms with Crippen molar-refractivity contribution in [1.82, 2.24) is 0 Å².